The summed E-state index contributed by atoms with van der Waals surface area (Å²) < 4.78 is 0. The van der Waals surface area contributed by atoms with Crippen molar-refractivity contribution in [3.63, 3.8) is 0 Å². The van der Waals surface area contributed by atoms with Crippen LogP contribution in [-0.4, -0.2) is 40.5 Å². The summed E-state index contributed by atoms with van der Waals surface area (Å²) in [6, 6.07) is -0.494. The van der Waals surface area contributed by atoms with Gasteiger partial charge in [0.25, 0.3) is 0 Å². The molecule has 0 aromatic carbocycles. The fraction of sp³-hybridized carbons (Fsp3) is 0.867. The van der Waals surface area contributed by atoms with Gasteiger partial charge in [-0.25, -0.2) is 4.79 Å². The van der Waals surface area contributed by atoms with E-state index >= 15 is 0 Å². The zero-order valence-corrected chi connectivity index (χ0v) is 12.5. The van der Waals surface area contributed by atoms with Gasteiger partial charge in [0.15, 0.2) is 0 Å². The Morgan fingerprint density at radius 3 is 2.35 bits per heavy atom. The van der Waals surface area contributed by atoms with Crippen LogP contribution in [0, 0.1) is 11.3 Å². The summed E-state index contributed by atoms with van der Waals surface area (Å²) in [4.78, 5) is 25.9. The lowest BCUT2D eigenvalue weighted by Gasteiger charge is -2.45. The number of rotatable bonds is 2. The number of carboxylic acids is 1. The molecule has 2 rings (SSSR count). The Morgan fingerprint density at radius 2 is 1.80 bits per heavy atom. The number of hydrogen-bond acceptors (Lipinski definition) is 3. The fourth-order valence-electron chi connectivity index (χ4n) is 3.70. The number of carbonyl (C=O) groups excluding carboxylic acids is 1. The first-order valence-electron chi connectivity index (χ1n) is 7.62. The van der Waals surface area contributed by atoms with Crippen LogP contribution in [0.3, 0.4) is 0 Å². The van der Waals surface area contributed by atoms with Gasteiger partial charge in [-0.1, -0.05) is 13.8 Å². The van der Waals surface area contributed by atoms with Crippen molar-refractivity contribution in [3.8, 4) is 0 Å². The molecule has 0 aromatic heterocycles. The summed E-state index contributed by atoms with van der Waals surface area (Å²) in [5, 5.41) is 9.52. The van der Waals surface area contributed by atoms with Crippen molar-refractivity contribution in [3.05, 3.63) is 0 Å². The third-order valence-corrected chi connectivity index (χ3v) is 4.91. The molecule has 114 valence electrons. The van der Waals surface area contributed by atoms with Crippen LogP contribution in [0.1, 0.15) is 52.4 Å². The predicted molar refractivity (Wildman–Crippen MR) is 76.1 cm³/mol. The normalized spacial score (nSPS) is 33.8. The first-order valence-corrected chi connectivity index (χ1v) is 7.62. The van der Waals surface area contributed by atoms with E-state index in [4.69, 9.17) is 5.73 Å². The summed E-state index contributed by atoms with van der Waals surface area (Å²) in [6.45, 7) is 4.46. The van der Waals surface area contributed by atoms with Crippen LogP contribution in [-0.2, 0) is 9.59 Å². The Balaban J connectivity index is 2.12. The van der Waals surface area contributed by atoms with Crippen LogP contribution >= 0.6 is 0 Å². The van der Waals surface area contributed by atoms with Gasteiger partial charge in [0, 0.05) is 18.5 Å². The minimum Gasteiger partial charge on any atom is -0.480 e. The third kappa shape index (κ3) is 2.97. The summed E-state index contributed by atoms with van der Waals surface area (Å²) in [7, 11) is 0. The second-order valence-electron chi connectivity index (χ2n) is 6.98. The van der Waals surface area contributed by atoms with E-state index < -0.39 is 12.0 Å². The molecule has 0 radical (unpaired) electrons. The first-order chi connectivity index (χ1) is 9.33. The van der Waals surface area contributed by atoms with E-state index in [1.165, 1.54) is 0 Å². The highest BCUT2D eigenvalue weighted by atomic mass is 16.4. The Hall–Kier alpha value is -1.10. The van der Waals surface area contributed by atoms with Gasteiger partial charge >= 0.3 is 5.97 Å². The molecule has 1 saturated heterocycles. The van der Waals surface area contributed by atoms with Crippen LogP contribution in [0.5, 0.6) is 0 Å². The van der Waals surface area contributed by atoms with Crippen molar-refractivity contribution in [2.45, 2.75) is 64.5 Å². The van der Waals surface area contributed by atoms with E-state index in [1.54, 1.807) is 4.90 Å². The maximum absolute atomic E-state index is 12.7. The van der Waals surface area contributed by atoms with E-state index in [-0.39, 0.29) is 23.3 Å². The summed E-state index contributed by atoms with van der Waals surface area (Å²) in [5.41, 5.74) is 5.52. The highest BCUT2D eigenvalue weighted by molar-refractivity contribution is 5.86. The number of amides is 1. The zero-order chi connectivity index (χ0) is 14.9. The zero-order valence-electron chi connectivity index (χ0n) is 12.5. The van der Waals surface area contributed by atoms with E-state index in [1.807, 2.05) is 13.8 Å². The smallest absolute Gasteiger partial charge is 0.326 e. The number of carbonyl (C=O) groups is 2. The highest BCUT2D eigenvalue weighted by Gasteiger charge is 2.45. The Bertz CT molecular complexity index is 387. The minimum atomic E-state index is -0.879. The number of likely N-dealkylation sites (tertiary alicyclic amines) is 1. The van der Waals surface area contributed by atoms with Crippen molar-refractivity contribution in [1.29, 1.82) is 0 Å². The quantitative estimate of drug-likeness (QED) is 0.806. The van der Waals surface area contributed by atoms with Crippen molar-refractivity contribution >= 4 is 11.9 Å². The number of piperidine rings is 1. The molecule has 20 heavy (non-hydrogen) atoms. The maximum Gasteiger partial charge on any atom is 0.326 e. The van der Waals surface area contributed by atoms with E-state index in [2.05, 4.69) is 0 Å². The Morgan fingerprint density at radius 1 is 1.20 bits per heavy atom. The molecular weight excluding hydrogens is 256 g/mol. The molecule has 2 fully saturated rings. The van der Waals surface area contributed by atoms with Crippen molar-refractivity contribution in [2.24, 2.45) is 17.1 Å². The van der Waals surface area contributed by atoms with Crippen LogP contribution in [0.4, 0.5) is 0 Å². The van der Waals surface area contributed by atoms with E-state index in [0.717, 1.165) is 38.5 Å². The third-order valence-electron chi connectivity index (χ3n) is 4.91. The maximum atomic E-state index is 12.7. The van der Waals surface area contributed by atoms with Gasteiger partial charge in [0.1, 0.15) is 6.04 Å². The summed E-state index contributed by atoms with van der Waals surface area (Å²) >= 11 is 0. The SMILES string of the molecule is CC1(C)CCCN(C(=O)C2CCC(N)CC2)C1C(=O)O. The standard InChI is InChI=1S/C15H26N2O3/c1-15(2)8-3-9-17(12(15)14(19)20)13(18)10-4-6-11(16)7-5-10/h10-12H,3-9,16H2,1-2H3,(H,19,20). The van der Waals surface area contributed by atoms with Crippen molar-refractivity contribution in [1.82, 2.24) is 4.90 Å². The number of carboxylic acid groups (broad SMARTS) is 1. The van der Waals surface area contributed by atoms with Gasteiger partial charge in [-0.2, -0.15) is 0 Å². The molecule has 5 heteroatoms. The molecule has 0 bridgehead atoms. The Labute approximate surface area is 120 Å². The average Bonchev–Trinajstić information content (AvgIpc) is 2.36. The van der Waals surface area contributed by atoms with Gasteiger partial charge in [-0.15, -0.1) is 0 Å². The molecule has 1 amide bonds. The van der Waals surface area contributed by atoms with Crippen molar-refractivity contribution in [2.75, 3.05) is 6.54 Å². The van der Waals surface area contributed by atoms with Crippen LogP contribution < -0.4 is 5.73 Å². The van der Waals surface area contributed by atoms with Gasteiger partial charge < -0.3 is 15.7 Å². The van der Waals surface area contributed by atoms with Gasteiger partial charge in [-0.3, -0.25) is 4.79 Å². The highest BCUT2D eigenvalue weighted by Crippen LogP contribution is 2.37. The van der Waals surface area contributed by atoms with Crippen LogP contribution in [0.2, 0.25) is 0 Å². The second-order valence-corrected chi connectivity index (χ2v) is 6.98. The predicted octanol–water partition coefficient (Wildman–Crippen LogP) is 1.61. The van der Waals surface area contributed by atoms with Crippen molar-refractivity contribution < 1.29 is 14.7 Å². The van der Waals surface area contributed by atoms with Gasteiger partial charge in [0.05, 0.1) is 0 Å². The molecule has 1 heterocycles. The molecule has 0 aromatic rings. The van der Waals surface area contributed by atoms with E-state index in [0.29, 0.717) is 6.54 Å². The summed E-state index contributed by atoms with van der Waals surface area (Å²) in [5.74, 6) is -0.891. The molecular formula is C15H26N2O3. The molecule has 1 saturated carbocycles. The van der Waals surface area contributed by atoms with Crippen LogP contribution in [0.15, 0.2) is 0 Å². The molecule has 0 spiro atoms. The number of aliphatic carboxylic acids is 1. The lowest BCUT2D eigenvalue weighted by Crippen LogP contribution is -2.57. The van der Waals surface area contributed by atoms with Gasteiger partial charge in [0.2, 0.25) is 5.91 Å². The number of nitrogens with zero attached hydrogens (tertiary/aromatic N) is 1. The molecule has 2 aliphatic rings. The minimum absolute atomic E-state index is 0.0251. The second kappa shape index (κ2) is 5.72. The molecule has 1 aliphatic heterocycles. The largest absolute Gasteiger partial charge is 0.480 e. The van der Waals surface area contributed by atoms with Gasteiger partial charge in [-0.05, 0) is 43.9 Å². The van der Waals surface area contributed by atoms with E-state index in [9.17, 15) is 14.7 Å². The topological polar surface area (TPSA) is 83.6 Å². The summed E-state index contributed by atoms with van der Waals surface area (Å²) in [6.07, 6.45) is 5.06. The monoisotopic (exact) mass is 282 g/mol. The Kier molecular flexibility index (Phi) is 4.37. The lowest BCUT2D eigenvalue weighted by atomic mass is 9.75. The molecule has 1 aliphatic carbocycles. The average molecular weight is 282 g/mol. The molecule has 1 unspecified atom stereocenters. The number of hydrogen-bond donors (Lipinski definition) is 2. The number of nitrogens with two attached hydrogens (primary N) is 1. The first kappa shape index (κ1) is 15.3. The van der Waals surface area contributed by atoms with Crippen LogP contribution in [0.25, 0.3) is 0 Å². The lowest BCUT2D eigenvalue weighted by molar-refractivity contribution is -0.161. The molecule has 3 N–H and O–H groups in total. The molecule has 1 atom stereocenters. The fourth-order valence-corrected chi connectivity index (χ4v) is 3.70. The molecule has 5 nitrogen and oxygen atoms in total.